The van der Waals surface area contributed by atoms with Crippen LogP contribution >= 0.6 is 11.3 Å². The van der Waals surface area contributed by atoms with Crippen LogP contribution in [0.25, 0.3) is 11.8 Å². The Morgan fingerprint density at radius 3 is 2.63 bits per heavy atom. The summed E-state index contributed by atoms with van der Waals surface area (Å²) >= 11 is 1.38. The lowest BCUT2D eigenvalue weighted by Gasteiger charge is -2.45. The maximum Gasteiger partial charge on any atom is 0.246 e. The van der Waals surface area contributed by atoms with Gasteiger partial charge in [0.2, 0.25) is 15.8 Å². The third-order valence-corrected chi connectivity index (χ3v) is 11.4. The molecule has 7 rings (SSSR count). The highest BCUT2D eigenvalue weighted by Crippen LogP contribution is 2.52. The van der Waals surface area contributed by atoms with E-state index in [9.17, 15) is 17.6 Å². The van der Waals surface area contributed by atoms with E-state index in [1.165, 1.54) is 44.9 Å². The van der Waals surface area contributed by atoms with Gasteiger partial charge in [0.05, 0.1) is 34.9 Å². The molecule has 0 spiro atoms. The number of carbonyl (C=O) groups excluding carboxylic acids is 1. The number of fused-ring (bicyclic) bond motifs is 2. The van der Waals surface area contributed by atoms with Crippen molar-refractivity contribution in [2.75, 3.05) is 7.05 Å². The molecule has 3 aliphatic rings. The first-order valence-corrected chi connectivity index (χ1v) is 16.0. The van der Waals surface area contributed by atoms with Gasteiger partial charge in [0.15, 0.2) is 5.01 Å². The number of aromatic nitrogens is 5. The molecule has 1 aromatic carbocycles. The fourth-order valence-electron chi connectivity index (χ4n) is 6.24. The molecule has 2 saturated carbocycles. The van der Waals surface area contributed by atoms with Gasteiger partial charge < -0.3 is 0 Å². The molecule has 0 bridgehead atoms. The number of aryl methyl sites for hydroxylation is 1. The highest BCUT2D eigenvalue weighted by Gasteiger charge is 2.51. The zero-order chi connectivity index (χ0) is 28.5. The van der Waals surface area contributed by atoms with Gasteiger partial charge in [-0.2, -0.15) is 14.5 Å². The molecule has 2 fully saturated rings. The maximum absolute atomic E-state index is 14.5. The smallest absolute Gasteiger partial charge is 0.246 e. The van der Waals surface area contributed by atoms with Crippen molar-refractivity contribution in [3.63, 3.8) is 0 Å². The number of halogens is 1. The van der Waals surface area contributed by atoms with Crippen molar-refractivity contribution in [2.24, 2.45) is 12.5 Å². The minimum Gasteiger partial charge on any atom is -0.290 e. The molecule has 2 atom stereocenters. The molecule has 3 aliphatic carbocycles. The Morgan fingerprint density at radius 2 is 1.93 bits per heavy atom. The van der Waals surface area contributed by atoms with Gasteiger partial charge >= 0.3 is 0 Å². The Morgan fingerprint density at radius 1 is 1.15 bits per heavy atom. The number of sulfonamides is 1. The Balaban J connectivity index is 1.29. The van der Waals surface area contributed by atoms with Gasteiger partial charge in [-0.3, -0.25) is 9.48 Å². The quantitative estimate of drug-likeness (QED) is 0.287. The second-order valence-corrected chi connectivity index (χ2v) is 14.2. The van der Waals surface area contributed by atoms with Crippen LogP contribution in [0.5, 0.6) is 0 Å². The summed E-state index contributed by atoms with van der Waals surface area (Å²) < 4.78 is 45.3. The number of hydrogen-bond donors (Lipinski definition) is 0. The Labute approximate surface area is 241 Å². The summed E-state index contributed by atoms with van der Waals surface area (Å²) in [5.41, 5.74) is 3.49. The standard InChI is InChI=1S/C29H29FN6O3S2/c1-34-16-24(15-31-34)41(38,39)35(2)23-8-5-20-11-26-19(14-32-36(26)22-9-6-21(30)7-10-22)12-29(20,13-23)27(37)28-33-25(17-40-28)18-3-4-18/h6-7,9-11,14-18,23H,3-5,8,12-13H2,1-2H3/t23-,29-/m0/s1. The molecule has 41 heavy (non-hydrogen) atoms. The van der Waals surface area contributed by atoms with Crippen LogP contribution in [-0.2, 0) is 23.5 Å². The Bertz CT molecular complexity index is 1800. The number of hydrogen-bond acceptors (Lipinski definition) is 7. The third kappa shape index (κ3) is 4.39. The molecule has 0 N–H and O–H groups in total. The van der Waals surface area contributed by atoms with Gasteiger partial charge in [-0.15, -0.1) is 11.3 Å². The number of nitrogens with zero attached hydrogens (tertiary/aromatic N) is 6. The first-order chi connectivity index (χ1) is 19.7. The predicted molar refractivity (Wildman–Crippen MR) is 152 cm³/mol. The second-order valence-electron chi connectivity index (χ2n) is 11.3. The maximum atomic E-state index is 14.5. The highest BCUT2D eigenvalue weighted by molar-refractivity contribution is 7.89. The number of carbonyl (C=O) groups is 1. The van der Waals surface area contributed by atoms with Crippen LogP contribution in [0.4, 0.5) is 4.39 Å². The van der Waals surface area contributed by atoms with Crippen LogP contribution < -0.4 is 0 Å². The lowest BCUT2D eigenvalue weighted by atomic mass is 9.61. The van der Waals surface area contributed by atoms with Gasteiger partial charge in [0.25, 0.3) is 0 Å². The molecule has 0 amide bonds. The monoisotopic (exact) mass is 592 g/mol. The molecular formula is C29H29FN6O3S2. The van der Waals surface area contributed by atoms with E-state index in [-0.39, 0.29) is 16.5 Å². The van der Waals surface area contributed by atoms with Crippen LogP contribution in [0.1, 0.15) is 64.8 Å². The lowest BCUT2D eigenvalue weighted by Crippen LogP contribution is -2.49. The average molecular weight is 593 g/mol. The molecule has 0 aliphatic heterocycles. The molecule has 12 heteroatoms. The van der Waals surface area contributed by atoms with Crippen LogP contribution in [0, 0.1) is 11.2 Å². The normalized spacial score (nSPS) is 22.3. The summed E-state index contributed by atoms with van der Waals surface area (Å²) in [6.45, 7) is 0. The largest absolute Gasteiger partial charge is 0.290 e. The van der Waals surface area contributed by atoms with Gasteiger partial charge in [-0.25, -0.2) is 22.5 Å². The molecule has 3 heterocycles. The third-order valence-electron chi connectivity index (χ3n) is 8.73. The van der Waals surface area contributed by atoms with Crippen LogP contribution in [0.3, 0.4) is 0 Å². The van der Waals surface area contributed by atoms with Crippen LogP contribution in [0.2, 0.25) is 0 Å². The summed E-state index contributed by atoms with van der Waals surface area (Å²) in [7, 11) is -0.535. The fourth-order valence-corrected chi connectivity index (χ4v) is 8.55. The van der Waals surface area contributed by atoms with E-state index >= 15 is 0 Å². The molecular weight excluding hydrogens is 563 g/mol. The van der Waals surface area contributed by atoms with E-state index < -0.39 is 21.5 Å². The Hall–Kier alpha value is -3.48. The minimum absolute atomic E-state index is 0.0577. The van der Waals surface area contributed by atoms with Crippen molar-refractivity contribution in [1.82, 2.24) is 28.9 Å². The summed E-state index contributed by atoms with van der Waals surface area (Å²) in [5, 5.41) is 11.1. The van der Waals surface area contributed by atoms with Crippen molar-refractivity contribution in [3.8, 4) is 5.69 Å². The molecule has 9 nitrogen and oxygen atoms in total. The summed E-state index contributed by atoms with van der Waals surface area (Å²) in [6, 6.07) is 5.77. The minimum atomic E-state index is -3.81. The van der Waals surface area contributed by atoms with Gasteiger partial charge in [0.1, 0.15) is 10.7 Å². The summed E-state index contributed by atoms with van der Waals surface area (Å²) in [6.07, 6.45) is 10.7. The first kappa shape index (κ1) is 26.4. The number of rotatable bonds is 7. The summed E-state index contributed by atoms with van der Waals surface area (Å²) in [4.78, 5) is 19.4. The van der Waals surface area contributed by atoms with E-state index in [1.54, 1.807) is 37.1 Å². The van der Waals surface area contributed by atoms with Crippen molar-refractivity contribution in [2.45, 2.75) is 55.4 Å². The van der Waals surface area contributed by atoms with E-state index in [2.05, 4.69) is 10.2 Å². The van der Waals surface area contributed by atoms with Crippen molar-refractivity contribution < 1.29 is 17.6 Å². The number of allylic oxidation sites excluding steroid dienone is 1. The van der Waals surface area contributed by atoms with Gasteiger partial charge in [-0.1, -0.05) is 5.57 Å². The zero-order valence-electron chi connectivity index (χ0n) is 22.7. The molecule has 0 saturated heterocycles. The van der Waals surface area contributed by atoms with E-state index in [4.69, 9.17) is 4.98 Å². The van der Waals surface area contributed by atoms with Crippen molar-refractivity contribution in [3.05, 3.63) is 81.6 Å². The van der Waals surface area contributed by atoms with Gasteiger partial charge in [-0.05, 0) is 74.4 Å². The number of ketones is 1. The van der Waals surface area contributed by atoms with Crippen LogP contribution in [-0.4, -0.2) is 56.1 Å². The summed E-state index contributed by atoms with van der Waals surface area (Å²) in [5.74, 6) is 0.0511. The van der Waals surface area contributed by atoms with E-state index in [0.29, 0.717) is 36.6 Å². The molecule has 0 radical (unpaired) electrons. The molecule has 0 unspecified atom stereocenters. The van der Waals surface area contributed by atoms with E-state index in [0.717, 1.165) is 41.1 Å². The van der Waals surface area contributed by atoms with Crippen molar-refractivity contribution in [1.29, 1.82) is 0 Å². The fraction of sp³-hybridized carbons (Fsp3) is 0.379. The van der Waals surface area contributed by atoms with Crippen LogP contribution in [0.15, 0.2) is 58.7 Å². The highest BCUT2D eigenvalue weighted by atomic mass is 32.2. The molecule has 3 aromatic heterocycles. The van der Waals surface area contributed by atoms with E-state index in [1.807, 2.05) is 11.5 Å². The van der Waals surface area contributed by atoms with Crippen molar-refractivity contribution >= 4 is 33.2 Å². The Kier molecular flexibility index (Phi) is 6.14. The number of Topliss-reactive ketones (excluding diaryl/α,β-unsaturated/α-hetero) is 1. The molecule has 212 valence electrons. The second kappa shape index (κ2) is 9.53. The molecule has 4 aromatic rings. The number of thiazole rings is 1. The van der Waals surface area contributed by atoms with Gasteiger partial charge in [0, 0.05) is 37.6 Å². The topological polar surface area (TPSA) is 103 Å². The number of benzene rings is 1. The zero-order valence-corrected chi connectivity index (χ0v) is 24.3. The predicted octanol–water partition coefficient (Wildman–Crippen LogP) is 4.76. The first-order valence-electron chi connectivity index (χ1n) is 13.7. The average Bonchev–Trinajstić information content (AvgIpc) is 3.32. The lowest BCUT2D eigenvalue weighted by molar-refractivity contribution is 0.0752. The SMILES string of the molecule is CN([C@H]1CCC2=Cc3c(cnn3-c3ccc(F)cc3)C[C@]2(C(=O)c2nc(C3CC3)cs2)C1)S(=O)(=O)c1cnn(C)c1.